The van der Waals surface area contributed by atoms with E-state index < -0.39 is 15.8 Å². The van der Waals surface area contributed by atoms with Crippen molar-refractivity contribution in [2.75, 3.05) is 24.7 Å². The van der Waals surface area contributed by atoms with Crippen LogP contribution in [0.15, 0.2) is 38.2 Å². The summed E-state index contributed by atoms with van der Waals surface area (Å²) in [6.07, 6.45) is 0. The quantitative estimate of drug-likeness (QED) is 0.337. The Morgan fingerprint density at radius 1 is 1.25 bits per heavy atom. The number of aryl methyl sites for hydroxylation is 2. The molecule has 11 nitrogen and oxygen atoms in total. The third-order valence-electron chi connectivity index (χ3n) is 5.07. The molecule has 32 heavy (non-hydrogen) atoms. The van der Waals surface area contributed by atoms with E-state index in [1.807, 2.05) is 33.8 Å². The molecule has 0 spiro atoms. The first-order valence-corrected chi connectivity index (χ1v) is 11.3. The number of sulfonamides is 1. The highest BCUT2D eigenvalue weighted by Crippen LogP contribution is 2.36. The Balaban J connectivity index is 1.96. The van der Waals surface area contributed by atoms with E-state index in [1.54, 1.807) is 0 Å². The first-order valence-electron chi connectivity index (χ1n) is 9.88. The SMILES string of the molecule is Cc1cc([C@H](Nc2c(Nc3cccc(S(=O)(=O)N(C)C)c3O)no[n+]2[O-])C(C)C)oc1C. The minimum atomic E-state index is -3.89. The Hall–Kier alpha value is -3.25. The highest BCUT2D eigenvalue weighted by atomic mass is 32.2. The Morgan fingerprint density at radius 2 is 1.94 bits per heavy atom. The zero-order valence-corrected chi connectivity index (χ0v) is 19.5. The van der Waals surface area contributed by atoms with Crippen LogP contribution >= 0.6 is 0 Å². The van der Waals surface area contributed by atoms with Crippen molar-refractivity contribution in [1.29, 1.82) is 0 Å². The lowest BCUT2D eigenvalue weighted by Gasteiger charge is -2.18. The second-order valence-electron chi connectivity index (χ2n) is 7.95. The van der Waals surface area contributed by atoms with Gasteiger partial charge in [-0.3, -0.25) is 5.32 Å². The molecule has 0 amide bonds. The van der Waals surface area contributed by atoms with Gasteiger partial charge in [0.2, 0.25) is 10.0 Å². The molecule has 1 atom stereocenters. The number of anilines is 3. The van der Waals surface area contributed by atoms with Crippen molar-refractivity contribution >= 4 is 27.3 Å². The van der Waals surface area contributed by atoms with Crippen molar-refractivity contribution in [3.05, 3.63) is 46.6 Å². The fraction of sp³-hybridized carbons (Fsp3) is 0.400. The fourth-order valence-electron chi connectivity index (χ4n) is 3.08. The van der Waals surface area contributed by atoms with Crippen LogP contribution in [0.3, 0.4) is 0 Å². The highest BCUT2D eigenvalue weighted by molar-refractivity contribution is 7.89. The predicted octanol–water partition coefficient (Wildman–Crippen LogP) is 3.03. The standard InChI is InChI=1S/C20H27N5O6S/c1-11(2)17(15-10-12(3)13(4)30-15)22-20-19(23-31-25(20)27)21-14-8-7-9-16(18(14)26)32(28,29)24(5)6/h7-11,17,22,26H,1-6H3,(H,21,23)/t17-/m1/s1. The average Bonchev–Trinajstić information content (AvgIpc) is 3.22. The molecule has 0 aliphatic rings. The first-order chi connectivity index (χ1) is 14.9. The summed E-state index contributed by atoms with van der Waals surface area (Å²) in [7, 11) is -1.17. The van der Waals surface area contributed by atoms with Gasteiger partial charge in [0.05, 0.1) is 5.69 Å². The van der Waals surface area contributed by atoms with E-state index in [4.69, 9.17) is 9.05 Å². The van der Waals surface area contributed by atoms with Gasteiger partial charge in [0, 0.05) is 14.1 Å². The Labute approximate surface area is 186 Å². The van der Waals surface area contributed by atoms with E-state index in [1.165, 1.54) is 32.3 Å². The van der Waals surface area contributed by atoms with Crippen LogP contribution in [0.4, 0.5) is 17.3 Å². The fourth-order valence-corrected chi connectivity index (χ4v) is 4.07. The molecule has 3 aromatic rings. The molecule has 0 radical (unpaired) electrons. The molecule has 0 fully saturated rings. The molecule has 0 saturated carbocycles. The molecule has 0 bridgehead atoms. The maximum absolute atomic E-state index is 12.5. The Morgan fingerprint density at radius 3 is 2.50 bits per heavy atom. The van der Waals surface area contributed by atoms with E-state index in [0.29, 0.717) is 5.76 Å². The summed E-state index contributed by atoms with van der Waals surface area (Å²) >= 11 is 0. The van der Waals surface area contributed by atoms with Crippen LogP contribution in [0, 0.1) is 25.0 Å². The first kappa shape index (κ1) is 23.4. The summed E-state index contributed by atoms with van der Waals surface area (Å²) in [5, 5.41) is 32.4. The van der Waals surface area contributed by atoms with E-state index in [-0.39, 0.29) is 39.1 Å². The monoisotopic (exact) mass is 465 g/mol. The minimum absolute atomic E-state index is 0.0275. The largest absolute Gasteiger partial charge is 0.504 e. The molecule has 2 aromatic heterocycles. The second kappa shape index (κ2) is 8.71. The topological polar surface area (TPSA) is 148 Å². The number of benzene rings is 1. The molecule has 3 N–H and O–H groups in total. The number of rotatable bonds is 8. The van der Waals surface area contributed by atoms with Gasteiger partial charge in [-0.2, -0.15) is 0 Å². The van der Waals surface area contributed by atoms with Gasteiger partial charge in [0.15, 0.2) is 5.75 Å². The van der Waals surface area contributed by atoms with E-state index >= 15 is 0 Å². The second-order valence-corrected chi connectivity index (χ2v) is 10.1. The Bertz CT molecular complexity index is 1200. The van der Waals surface area contributed by atoms with Gasteiger partial charge in [-0.1, -0.05) is 24.8 Å². The molecule has 3 rings (SSSR count). The van der Waals surface area contributed by atoms with Crippen LogP contribution in [0.25, 0.3) is 0 Å². The molecular formula is C20H27N5O6S. The molecule has 2 heterocycles. The third-order valence-corrected chi connectivity index (χ3v) is 6.92. The van der Waals surface area contributed by atoms with Crippen LogP contribution in [-0.4, -0.2) is 37.1 Å². The molecule has 0 aliphatic heterocycles. The molecule has 0 saturated heterocycles. The summed E-state index contributed by atoms with van der Waals surface area (Å²) in [5.74, 6) is 0.866. The molecule has 1 aromatic carbocycles. The van der Waals surface area contributed by atoms with Gasteiger partial charge in [0.25, 0.3) is 0 Å². The molecule has 0 unspecified atom stereocenters. The van der Waals surface area contributed by atoms with Gasteiger partial charge >= 0.3 is 11.6 Å². The lowest BCUT2D eigenvalue weighted by molar-refractivity contribution is -0.791. The molecule has 12 heteroatoms. The van der Waals surface area contributed by atoms with Crippen LogP contribution in [0.1, 0.15) is 37.0 Å². The smallest absolute Gasteiger partial charge is 0.320 e. The number of phenols is 1. The number of nitrogens with zero attached hydrogens (tertiary/aromatic N) is 3. The van der Waals surface area contributed by atoms with Crippen molar-refractivity contribution in [2.45, 2.75) is 38.6 Å². The number of nitrogens with one attached hydrogen (secondary N) is 2. The molecule has 0 aliphatic carbocycles. The minimum Gasteiger partial charge on any atom is -0.504 e. The Kier molecular flexibility index (Phi) is 6.37. The van der Waals surface area contributed by atoms with E-state index in [9.17, 15) is 18.7 Å². The predicted molar refractivity (Wildman–Crippen MR) is 117 cm³/mol. The van der Waals surface area contributed by atoms with Crippen molar-refractivity contribution in [3.8, 4) is 5.75 Å². The van der Waals surface area contributed by atoms with Gasteiger partial charge < -0.3 is 24.7 Å². The number of phenolic OH excluding ortho intramolecular Hbond substituents is 1. The summed E-state index contributed by atoms with van der Waals surface area (Å²) < 4.78 is 36.5. The van der Waals surface area contributed by atoms with Crippen LogP contribution in [0.2, 0.25) is 0 Å². The van der Waals surface area contributed by atoms with Gasteiger partial charge in [-0.25, -0.2) is 12.7 Å². The van der Waals surface area contributed by atoms with E-state index in [0.717, 1.165) is 15.6 Å². The zero-order valence-electron chi connectivity index (χ0n) is 18.7. The summed E-state index contributed by atoms with van der Waals surface area (Å²) in [6.45, 7) is 7.70. The normalized spacial score (nSPS) is 13.0. The van der Waals surface area contributed by atoms with Crippen LogP contribution in [-0.2, 0) is 10.0 Å². The van der Waals surface area contributed by atoms with Gasteiger partial charge in [-0.15, -0.1) is 0 Å². The van der Waals surface area contributed by atoms with Gasteiger partial charge in [-0.05, 0) is 48.7 Å². The maximum atomic E-state index is 12.5. The summed E-state index contributed by atoms with van der Waals surface area (Å²) in [6, 6.07) is 5.71. The van der Waals surface area contributed by atoms with Crippen molar-refractivity contribution in [1.82, 2.24) is 9.46 Å². The van der Waals surface area contributed by atoms with Crippen molar-refractivity contribution < 1.29 is 27.5 Å². The summed E-state index contributed by atoms with van der Waals surface area (Å²) in [4.78, 5) is -0.0974. The number of hydrogen-bond acceptors (Lipinski definition) is 9. The van der Waals surface area contributed by atoms with Crippen molar-refractivity contribution in [3.63, 3.8) is 0 Å². The lowest BCUT2D eigenvalue weighted by Crippen LogP contribution is -2.30. The summed E-state index contributed by atoms with van der Waals surface area (Å²) in [5.41, 5.74) is 1.02. The van der Waals surface area contributed by atoms with Crippen LogP contribution < -0.4 is 15.5 Å². The third kappa shape index (κ3) is 4.36. The number of para-hydroxylation sites is 1. The number of aromatic hydroxyl groups is 1. The number of hydrogen-bond donors (Lipinski definition) is 3. The molecular weight excluding hydrogens is 438 g/mol. The highest BCUT2D eigenvalue weighted by Gasteiger charge is 2.30. The number of furan rings is 1. The van der Waals surface area contributed by atoms with E-state index in [2.05, 4.69) is 15.8 Å². The van der Waals surface area contributed by atoms with Crippen LogP contribution in [0.5, 0.6) is 5.75 Å². The zero-order chi connectivity index (χ0) is 23.8. The molecule has 174 valence electrons. The maximum Gasteiger partial charge on any atom is 0.320 e. The lowest BCUT2D eigenvalue weighted by atomic mass is 10.0. The average molecular weight is 466 g/mol. The number of aromatic nitrogens is 2. The van der Waals surface area contributed by atoms with Crippen molar-refractivity contribution in [2.24, 2.45) is 5.92 Å². The van der Waals surface area contributed by atoms with Gasteiger partial charge in [0.1, 0.15) is 22.5 Å².